The average Bonchev–Trinajstić information content (AvgIpc) is 2.99. The number of nitrogens with one attached hydrogen (secondary N) is 4. The molecule has 1 amide bonds. The number of sulfonamides is 1. The average molecular weight is 370 g/mol. The smallest absolute Gasteiger partial charge is 0.322 e. The van der Waals surface area contributed by atoms with Gasteiger partial charge in [0.15, 0.2) is 0 Å². The highest BCUT2D eigenvalue weighted by atomic mass is 32.2. The molecule has 0 spiro atoms. The van der Waals surface area contributed by atoms with Crippen molar-refractivity contribution in [2.45, 2.75) is 4.90 Å². The summed E-state index contributed by atoms with van der Waals surface area (Å²) in [6.45, 7) is -0.117. The lowest BCUT2D eigenvalue weighted by Crippen LogP contribution is -2.24. The Morgan fingerprint density at radius 1 is 1.08 bits per heavy atom. The summed E-state index contributed by atoms with van der Waals surface area (Å²) in [5.41, 5.74) is 1.63. The standard InChI is InChI=1S/C17H14N4O4S/c1-2-9-18-26(24,25)13-6-3-11(4-7-13)16(22)19-12-5-8-14-15(10-12)21-17(23)20-14/h1,3-8,10,18H,9H2,(H,19,22)(H2,20,21,23). The fraction of sp³-hybridized carbons (Fsp3) is 0.0588. The van der Waals surface area contributed by atoms with E-state index >= 15 is 0 Å². The molecule has 3 rings (SSSR count). The zero-order valence-corrected chi connectivity index (χ0v) is 14.2. The Morgan fingerprint density at radius 3 is 2.46 bits per heavy atom. The minimum atomic E-state index is -3.71. The molecule has 26 heavy (non-hydrogen) atoms. The first-order valence-electron chi connectivity index (χ1n) is 7.46. The van der Waals surface area contributed by atoms with Gasteiger partial charge < -0.3 is 15.3 Å². The van der Waals surface area contributed by atoms with Gasteiger partial charge in [-0.15, -0.1) is 6.42 Å². The maximum absolute atomic E-state index is 12.3. The molecule has 1 heterocycles. The van der Waals surface area contributed by atoms with Gasteiger partial charge in [0, 0.05) is 11.3 Å². The van der Waals surface area contributed by atoms with E-state index in [4.69, 9.17) is 6.42 Å². The highest BCUT2D eigenvalue weighted by Gasteiger charge is 2.14. The van der Waals surface area contributed by atoms with Crippen LogP contribution in [0.5, 0.6) is 0 Å². The summed E-state index contributed by atoms with van der Waals surface area (Å²) in [6.07, 6.45) is 5.04. The quantitative estimate of drug-likeness (QED) is 0.501. The molecule has 0 fully saturated rings. The number of terminal acetylenes is 1. The zero-order chi connectivity index (χ0) is 18.7. The number of hydrogen-bond acceptors (Lipinski definition) is 4. The number of H-pyrrole nitrogens is 2. The predicted octanol–water partition coefficient (Wildman–Crippen LogP) is 1.02. The maximum Gasteiger partial charge on any atom is 0.323 e. The molecule has 0 aliphatic carbocycles. The highest BCUT2D eigenvalue weighted by Crippen LogP contribution is 2.16. The third kappa shape index (κ3) is 3.66. The van der Waals surface area contributed by atoms with E-state index in [-0.39, 0.29) is 22.7 Å². The van der Waals surface area contributed by atoms with Gasteiger partial charge in [-0.2, -0.15) is 4.72 Å². The molecule has 2 aromatic carbocycles. The minimum absolute atomic E-state index is 0.00983. The van der Waals surface area contributed by atoms with Gasteiger partial charge in [-0.3, -0.25) is 4.79 Å². The van der Waals surface area contributed by atoms with E-state index in [1.807, 2.05) is 0 Å². The van der Waals surface area contributed by atoms with Gasteiger partial charge >= 0.3 is 5.69 Å². The van der Waals surface area contributed by atoms with Gasteiger partial charge in [0.2, 0.25) is 10.0 Å². The number of benzene rings is 2. The molecule has 0 aliphatic rings. The largest absolute Gasteiger partial charge is 0.323 e. The second kappa shape index (κ2) is 6.87. The van der Waals surface area contributed by atoms with Crippen molar-refractivity contribution in [3.05, 3.63) is 58.5 Å². The molecule has 3 aromatic rings. The van der Waals surface area contributed by atoms with E-state index < -0.39 is 15.9 Å². The summed E-state index contributed by atoms with van der Waals surface area (Å²) in [5.74, 6) is 1.77. The molecule has 0 bridgehead atoms. The first kappa shape index (κ1) is 17.5. The van der Waals surface area contributed by atoms with E-state index in [1.54, 1.807) is 18.2 Å². The lowest BCUT2D eigenvalue weighted by atomic mass is 10.2. The summed E-state index contributed by atoms with van der Waals surface area (Å²) in [4.78, 5) is 28.8. The van der Waals surface area contributed by atoms with Crippen LogP contribution >= 0.6 is 0 Å². The minimum Gasteiger partial charge on any atom is -0.322 e. The Kier molecular flexibility index (Phi) is 4.62. The van der Waals surface area contributed by atoms with Crippen LogP contribution in [0.1, 0.15) is 10.4 Å². The van der Waals surface area contributed by atoms with E-state index in [9.17, 15) is 18.0 Å². The van der Waals surface area contributed by atoms with Crippen LogP contribution in [-0.4, -0.2) is 30.8 Å². The molecule has 8 nitrogen and oxygen atoms in total. The van der Waals surface area contributed by atoms with Crippen LogP contribution in [0.15, 0.2) is 52.2 Å². The van der Waals surface area contributed by atoms with Crippen molar-refractivity contribution in [2.24, 2.45) is 0 Å². The number of carbonyl (C=O) groups is 1. The van der Waals surface area contributed by atoms with E-state index in [0.717, 1.165) is 0 Å². The van der Waals surface area contributed by atoms with Gasteiger partial charge in [-0.25, -0.2) is 13.2 Å². The summed E-state index contributed by atoms with van der Waals surface area (Å²) in [7, 11) is -3.71. The van der Waals surface area contributed by atoms with Gasteiger partial charge in [0.25, 0.3) is 5.91 Å². The van der Waals surface area contributed by atoms with Gasteiger partial charge in [0.1, 0.15) is 0 Å². The third-order valence-electron chi connectivity index (χ3n) is 3.56. The molecule has 4 N–H and O–H groups in total. The summed E-state index contributed by atoms with van der Waals surface area (Å²) in [6, 6.07) is 10.4. The Hall–Kier alpha value is -3.35. The molecule has 0 unspecified atom stereocenters. The van der Waals surface area contributed by atoms with Crippen LogP contribution < -0.4 is 15.7 Å². The molecular formula is C17H14N4O4S. The number of aromatic nitrogens is 2. The lowest BCUT2D eigenvalue weighted by molar-refractivity contribution is 0.102. The number of anilines is 1. The number of amides is 1. The first-order valence-corrected chi connectivity index (χ1v) is 8.94. The van der Waals surface area contributed by atoms with Crippen LogP contribution in [0.2, 0.25) is 0 Å². The van der Waals surface area contributed by atoms with E-state index in [1.165, 1.54) is 24.3 Å². The third-order valence-corrected chi connectivity index (χ3v) is 4.98. The molecule has 0 atom stereocenters. The number of hydrogen-bond donors (Lipinski definition) is 4. The van der Waals surface area contributed by atoms with Crippen molar-refractivity contribution >= 4 is 32.7 Å². The van der Waals surface area contributed by atoms with Crippen LogP contribution in [0.3, 0.4) is 0 Å². The molecule has 0 saturated heterocycles. The fourth-order valence-corrected chi connectivity index (χ4v) is 3.25. The summed E-state index contributed by atoms with van der Waals surface area (Å²) < 4.78 is 26.1. The van der Waals surface area contributed by atoms with Crippen molar-refractivity contribution in [1.82, 2.24) is 14.7 Å². The van der Waals surface area contributed by atoms with Gasteiger partial charge in [0.05, 0.1) is 22.5 Å². The molecule has 132 valence electrons. The molecule has 0 aliphatic heterocycles. The van der Waals surface area contributed by atoms with Crippen molar-refractivity contribution in [2.75, 3.05) is 11.9 Å². The first-order chi connectivity index (χ1) is 12.4. The van der Waals surface area contributed by atoms with Crippen LogP contribution in [0, 0.1) is 12.3 Å². The SMILES string of the molecule is C#CCNS(=O)(=O)c1ccc(C(=O)Nc2ccc3[nH]c(=O)[nH]c3c2)cc1. The highest BCUT2D eigenvalue weighted by molar-refractivity contribution is 7.89. The Balaban J connectivity index is 1.77. The fourth-order valence-electron chi connectivity index (χ4n) is 2.32. The summed E-state index contributed by atoms with van der Waals surface area (Å²) >= 11 is 0. The molecular weight excluding hydrogens is 356 g/mol. The van der Waals surface area contributed by atoms with Crippen molar-refractivity contribution < 1.29 is 13.2 Å². The number of fused-ring (bicyclic) bond motifs is 1. The molecule has 9 heteroatoms. The van der Waals surface area contributed by atoms with Crippen LogP contribution in [0.4, 0.5) is 5.69 Å². The van der Waals surface area contributed by atoms with Crippen molar-refractivity contribution in [1.29, 1.82) is 0 Å². The maximum atomic E-state index is 12.3. The Morgan fingerprint density at radius 2 is 1.77 bits per heavy atom. The normalized spacial score (nSPS) is 11.2. The molecule has 0 saturated carbocycles. The number of aromatic amines is 2. The monoisotopic (exact) mass is 370 g/mol. The predicted molar refractivity (Wildman–Crippen MR) is 97.3 cm³/mol. The van der Waals surface area contributed by atoms with Gasteiger partial charge in [-0.05, 0) is 42.5 Å². The van der Waals surface area contributed by atoms with Crippen molar-refractivity contribution in [3.63, 3.8) is 0 Å². The summed E-state index contributed by atoms with van der Waals surface area (Å²) in [5, 5.41) is 2.69. The zero-order valence-electron chi connectivity index (χ0n) is 13.4. The van der Waals surface area contributed by atoms with Crippen LogP contribution in [-0.2, 0) is 10.0 Å². The Bertz CT molecular complexity index is 1170. The number of rotatable bonds is 5. The topological polar surface area (TPSA) is 124 Å². The van der Waals surface area contributed by atoms with E-state index in [0.29, 0.717) is 16.7 Å². The Labute approximate surface area is 148 Å². The number of carbonyl (C=O) groups excluding carboxylic acids is 1. The molecule has 0 radical (unpaired) electrons. The lowest BCUT2D eigenvalue weighted by Gasteiger charge is -2.07. The second-order valence-electron chi connectivity index (χ2n) is 5.35. The second-order valence-corrected chi connectivity index (χ2v) is 7.11. The molecule has 1 aromatic heterocycles. The number of imidazole rings is 1. The van der Waals surface area contributed by atoms with E-state index in [2.05, 4.69) is 25.9 Å². The van der Waals surface area contributed by atoms with Crippen LogP contribution in [0.25, 0.3) is 11.0 Å². The van der Waals surface area contributed by atoms with Crippen molar-refractivity contribution in [3.8, 4) is 12.3 Å². The van der Waals surface area contributed by atoms with Gasteiger partial charge in [-0.1, -0.05) is 5.92 Å².